The predicted octanol–water partition coefficient (Wildman–Crippen LogP) is 4.09. The molecule has 2 heterocycles. The highest BCUT2D eigenvalue weighted by Gasteiger charge is 2.03. The zero-order chi connectivity index (χ0) is 15.1. The molecule has 1 N–H and O–H groups in total. The molecule has 0 spiro atoms. The number of aromatic nitrogens is 1. The minimum absolute atomic E-state index is 0.843. The van der Waals surface area contributed by atoms with Crippen molar-refractivity contribution in [2.75, 3.05) is 12.8 Å². The van der Waals surface area contributed by atoms with Gasteiger partial charge >= 0.3 is 0 Å². The van der Waals surface area contributed by atoms with Crippen molar-refractivity contribution in [2.24, 2.45) is 4.99 Å². The Bertz CT molecular complexity index is 617. The van der Waals surface area contributed by atoms with Gasteiger partial charge in [0.1, 0.15) is 0 Å². The van der Waals surface area contributed by atoms with E-state index >= 15 is 0 Å². The molecule has 0 unspecified atom stereocenters. The first kappa shape index (κ1) is 15.9. The van der Waals surface area contributed by atoms with E-state index in [0.717, 1.165) is 28.6 Å². The summed E-state index contributed by atoms with van der Waals surface area (Å²) in [7, 11) is 1.95. The van der Waals surface area contributed by atoms with Crippen LogP contribution in [0.5, 0.6) is 0 Å². The van der Waals surface area contributed by atoms with Crippen molar-refractivity contribution in [1.82, 2.24) is 10.3 Å². The lowest BCUT2D eigenvalue weighted by molar-refractivity contribution is 0.831. The Morgan fingerprint density at radius 3 is 2.81 bits per heavy atom. The SMILES string of the molecule is C=C(N=C(C)CSc1ccncc1)c1ccc(CNC)s1. The summed E-state index contributed by atoms with van der Waals surface area (Å²) in [5.74, 6) is 0.859. The van der Waals surface area contributed by atoms with Gasteiger partial charge in [0, 0.05) is 40.2 Å². The Labute approximate surface area is 134 Å². The first-order valence-corrected chi connectivity index (χ1v) is 8.49. The lowest BCUT2D eigenvalue weighted by Gasteiger charge is -2.02. The van der Waals surface area contributed by atoms with Crippen LogP contribution in [-0.4, -0.2) is 23.5 Å². The van der Waals surface area contributed by atoms with E-state index in [4.69, 9.17) is 0 Å². The van der Waals surface area contributed by atoms with E-state index in [0.29, 0.717) is 0 Å². The molecule has 0 fully saturated rings. The van der Waals surface area contributed by atoms with Crippen LogP contribution < -0.4 is 5.32 Å². The van der Waals surface area contributed by atoms with Crippen molar-refractivity contribution in [1.29, 1.82) is 0 Å². The van der Waals surface area contributed by atoms with Crippen molar-refractivity contribution in [3.05, 3.63) is 53.0 Å². The topological polar surface area (TPSA) is 37.3 Å². The lowest BCUT2D eigenvalue weighted by atomic mass is 10.3. The second kappa shape index (κ2) is 8.12. The van der Waals surface area contributed by atoms with Gasteiger partial charge < -0.3 is 5.32 Å². The van der Waals surface area contributed by atoms with Crippen LogP contribution in [0.2, 0.25) is 0 Å². The molecule has 0 aliphatic rings. The third-order valence-electron chi connectivity index (χ3n) is 2.72. The van der Waals surface area contributed by atoms with Gasteiger partial charge in [0.15, 0.2) is 0 Å². The van der Waals surface area contributed by atoms with Gasteiger partial charge in [-0.3, -0.25) is 9.98 Å². The van der Waals surface area contributed by atoms with Crippen LogP contribution in [0.1, 0.15) is 16.7 Å². The summed E-state index contributed by atoms with van der Waals surface area (Å²) >= 11 is 3.50. The van der Waals surface area contributed by atoms with E-state index in [9.17, 15) is 0 Å². The lowest BCUT2D eigenvalue weighted by Crippen LogP contribution is -2.02. The van der Waals surface area contributed by atoms with Gasteiger partial charge in [-0.2, -0.15) is 0 Å². The highest BCUT2D eigenvalue weighted by atomic mass is 32.2. The van der Waals surface area contributed by atoms with Gasteiger partial charge in [0.25, 0.3) is 0 Å². The molecule has 3 nitrogen and oxygen atoms in total. The van der Waals surface area contributed by atoms with Gasteiger partial charge in [-0.1, -0.05) is 6.58 Å². The number of hydrogen-bond donors (Lipinski definition) is 1. The molecule has 21 heavy (non-hydrogen) atoms. The normalized spacial score (nSPS) is 11.6. The summed E-state index contributed by atoms with van der Waals surface area (Å²) in [5, 5.41) is 3.15. The smallest absolute Gasteiger partial charge is 0.0729 e. The number of nitrogens with zero attached hydrogens (tertiary/aromatic N) is 2. The Hall–Kier alpha value is -1.43. The average molecular weight is 317 g/mol. The molecule has 0 aromatic carbocycles. The molecule has 2 aromatic heterocycles. The summed E-state index contributed by atoms with van der Waals surface area (Å²) in [6.45, 7) is 7.01. The molecule has 0 saturated heterocycles. The Balaban J connectivity index is 1.92. The Morgan fingerprint density at radius 1 is 1.33 bits per heavy atom. The molecule has 0 amide bonds. The molecule has 2 rings (SSSR count). The number of aliphatic imine (C=N–C) groups is 1. The van der Waals surface area contributed by atoms with Crippen LogP contribution >= 0.6 is 23.1 Å². The molecule has 110 valence electrons. The highest BCUT2D eigenvalue weighted by molar-refractivity contribution is 8.00. The fourth-order valence-corrected chi connectivity index (χ4v) is 3.43. The average Bonchev–Trinajstić information content (AvgIpc) is 2.95. The van der Waals surface area contributed by atoms with Gasteiger partial charge in [0.2, 0.25) is 0 Å². The van der Waals surface area contributed by atoms with E-state index in [1.165, 1.54) is 9.77 Å². The molecule has 5 heteroatoms. The summed E-state index contributed by atoms with van der Waals surface area (Å²) in [6.07, 6.45) is 3.62. The predicted molar refractivity (Wildman–Crippen MR) is 94.2 cm³/mol. The van der Waals surface area contributed by atoms with Crippen molar-refractivity contribution >= 4 is 34.5 Å². The fraction of sp³-hybridized carbons (Fsp3) is 0.250. The molecule has 0 bridgehead atoms. The van der Waals surface area contributed by atoms with Crippen molar-refractivity contribution < 1.29 is 0 Å². The maximum atomic E-state index is 4.61. The molecule has 0 saturated carbocycles. The van der Waals surface area contributed by atoms with Crippen LogP contribution in [-0.2, 0) is 6.54 Å². The van der Waals surface area contributed by atoms with E-state index in [-0.39, 0.29) is 0 Å². The van der Waals surface area contributed by atoms with Crippen LogP contribution in [0.3, 0.4) is 0 Å². The minimum Gasteiger partial charge on any atom is -0.315 e. The maximum Gasteiger partial charge on any atom is 0.0729 e. The molecular weight excluding hydrogens is 298 g/mol. The Kier molecular flexibility index (Phi) is 6.17. The minimum atomic E-state index is 0.843. The number of pyridine rings is 1. The first-order valence-electron chi connectivity index (χ1n) is 6.68. The van der Waals surface area contributed by atoms with Crippen LogP contribution in [0.4, 0.5) is 0 Å². The van der Waals surface area contributed by atoms with E-state index in [2.05, 4.69) is 34.0 Å². The third kappa shape index (κ3) is 5.12. The van der Waals surface area contributed by atoms with Gasteiger partial charge in [-0.25, -0.2) is 0 Å². The number of hydrogen-bond acceptors (Lipinski definition) is 5. The van der Waals surface area contributed by atoms with Crippen LogP contribution in [0.15, 0.2) is 53.1 Å². The third-order valence-corrected chi connectivity index (χ3v) is 5.02. The maximum absolute atomic E-state index is 4.61. The standard InChI is InChI=1S/C16H19N3S2/c1-12(11-20-14-6-8-18-9-7-14)19-13(2)16-5-4-15(21-16)10-17-3/h4-9,17H,2,10-11H2,1,3H3. The second-order valence-corrected chi connectivity index (χ2v) is 6.78. The van der Waals surface area contributed by atoms with Crippen molar-refractivity contribution in [2.45, 2.75) is 18.4 Å². The van der Waals surface area contributed by atoms with Crippen molar-refractivity contribution in [3.8, 4) is 0 Å². The monoisotopic (exact) mass is 317 g/mol. The Morgan fingerprint density at radius 2 is 2.10 bits per heavy atom. The summed E-state index contributed by atoms with van der Waals surface area (Å²) < 4.78 is 0. The van der Waals surface area contributed by atoms with Gasteiger partial charge in [-0.15, -0.1) is 23.1 Å². The molecule has 2 aromatic rings. The molecule has 0 aliphatic heterocycles. The van der Waals surface area contributed by atoms with Crippen molar-refractivity contribution in [3.63, 3.8) is 0 Å². The summed E-state index contributed by atoms with van der Waals surface area (Å²) in [5.41, 5.74) is 1.92. The van der Waals surface area contributed by atoms with E-state index in [1.54, 1.807) is 23.1 Å². The zero-order valence-electron chi connectivity index (χ0n) is 12.3. The van der Waals surface area contributed by atoms with E-state index < -0.39 is 0 Å². The fourth-order valence-electron chi connectivity index (χ4n) is 1.74. The van der Waals surface area contributed by atoms with E-state index in [1.807, 2.05) is 38.5 Å². The first-order chi connectivity index (χ1) is 10.2. The number of rotatable bonds is 7. The number of thiophene rings is 1. The highest BCUT2D eigenvalue weighted by Crippen LogP contribution is 2.25. The van der Waals surface area contributed by atoms with Gasteiger partial charge in [-0.05, 0) is 38.2 Å². The van der Waals surface area contributed by atoms with Crippen LogP contribution in [0, 0.1) is 0 Å². The molecule has 0 radical (unpaired) electrons. The zero-order valence-corrected chi connectivity index (χ0v) is 13.9. The molecule has 0 aliphatic carbocycles. The summed E-state index contributed by atoms with van der Waals surface area (Å²) in [4.78, 5) is 12.3. The second-order valence-electron chi connectivity index (χ2n) is 4.56. The van der Waals surface area contributed by atoms with Crippen LogP contribution in [0.25, 0.3) is 5.70 Å². The summed E-state index contributed by atoms with van der Waals surface area (Å²) in [6, 6.07) is 8.23. The molecule has 0 atom stereocenters. The molecular formula is C16H19N3S2. The largest absolute Gasteiger partial charge is 0.315 e. The quantitative estimate of drug-likeness (QED) is 0.617. The number of thioether (sulfide) groups is 1. The van der Waals surface area contributed by atoms with Gasteiger partial charge in [0.05, 0.1) is 10.6 Å². The number of nitrogens with one attached hydrogen (secondary N) is 1.